The molecule has 0 aliphatic carbocycles. The molecule has 0 spiro atoms. The van der Waals surface area contributed by atoms with Crippen molar-refractivity contribution in [3.05, 3.63) is 44.9 Å². The summed E-state index contributed by atoms with van der Waals surface area (Å²) >= 11 is 5.52. The Labute approximate surface area is 138 Å². The number of halogens is 4. The Hall–Kier alpha value is -2.36. The number of aromatic amines is 1. The van der Waals surface area contributed by atoms with Crippen LogP contribution in [0.4, 0.5) is 13.2 Å². The van der Waals surface area contributed by atoms with Gasteiger partial charge >= 0.3 is 6.18 Å². The summed E-state index contributed by atoms with van der Waals surface area (Å²) in [5.74, 6) is 0.185. The molecule has 0 saturated carbocycles. The summed E-state index contributed by atoms with van der Waals surface area (Å²) in [6.45, 7) is 2.66. The van der Waals surface area contributed by atoms with Gasteiger partial charge in [-0.3, -0.25) is 14.7 Å². The topological polar surface area (TPSA) is 92.7 Å². The normalized spacial score (nSPS) is 12.9. The van der Waals surface area contributed by atoms with Gasteiger partial charge in [0.05, 0.1) is 11.6 Å². The van der Waals surface area contributed by atoms with Crippen LogP contribution in [-0.4, -0.2) is 25.7 Å². The molecule has 24 heavy (non-hydrogen) atoms. The lowest BCUT2D eigenvalue weighted by atomic mass is 10.2. The average Bonchev–Trinajstić information content (AvgIpc) is 2.89. The smallest absolute Gasteiger partial charge is 0.345 e. The molecule has 0 bridgehead atoms. The molecule has 0 aromatic carbocycles. The summed E-state index contributed by atoms with van der Waals surface area (Å²) in [5, 5.41) is 8.35. The predicted molar refractivity (Wildman–Crippen MR) is 78.4 cm³/mol. The lowest BCUT2D eigenvalue weighted by molar-refractivity contribution is -0.138. The molecule has 11 heteroatoms. The van der Waals surface area contributed by atoms with E-state index in [1.165, 1.54) is 0 Å². The molecule has 2 heterocycles. The minimum atomic E-state index is -4.68. The SMILES string of the molecule is Cc1nc(C(C)NC(=O)Cn2cc(C(F)(F)F)cc(Cl)c2=O)n[nH]1. The maximum Gasteiger partial charge on any atom is 0.417 e. The Morgan fingerprint density at radius 2 is 2.17 bits per heavy atom. The van der Waals surface area contributed by atoms with E-state index in [2.05, 4.69) is 20.5 Å². The summed E-state index contributed by atoms with van der Waals surface area (Å²) < 4.78 is 38.9. The van der Waals surface area contributed by atoms with Crippen LogP contribution in [0.25, 0.3) is 0 Å². The van der Waals surface area contributed by atoms with E-state index in [1.54, 1.807) is 13.8 Å². The number of pyridine rings is 1. The third-order valence-electron chi connectivity index (χ3n) is 3.06. The molecule has 1 atom stereocenters. The molecule has 7 nitrogen and oxygen atoms in total. The molecule has 1 unspecified atom stereocenters. The molecule has 2 aromatic heterocycles. The van der Waals surface area contributed by atoms with Crippen molar-refractivity contribution in [2.45, 2.75) is 32.6 Å². The summed E-state index contributed by atoms with van der Waals surface area (Å²) in [7, 11) is 0. The van der Waals surface area contributed by atoms with E-state index in [0.717, 1.165) is 0 Å². The van der Waals surface area contributed by atoms with Crippen molar-refractivity contribution in [3.63, 3.8) is 0 Å². The number of nitrogens with one attached hydrogen (secondary N) is 2. The Kier molecular flexibility index (Phi) is 4.97. The standard InChI is InChI=1S/C13H13ClF3N5O2/c1-6(11-19-7(2)20-21-11)18-10(23)5-22-4-8(13(15,16)17)3-9(14)12(22)24/h3-4,6H,5H2,1-2H3,(H,18,23)(H,19,20,21). The quantitative estimate of drug-likeness (QED) is 0.866. The predicted octanol–water partition coefficient (Wildman–Crippen LogP) is 1.82. The van der Waals surface area contributed by atoms with Gasteiger partial charge in [0.25, 0.3) is 5.56 Å². The number of carbonyl (C=O) groups is 1. The largest absolute Gasteiger partial charge is 0.417 e. The van der Waals surface area contributed by atoms with E-state index < -0.39 is 40.8 Å². The number of hydrogen-bond acceptors (Lipinski definition) is 4. The number of hydrogen-bond donors (Lipinski definition) is 2. The van der Waals surface area contributed by atoms with Gasteiger partial charge in [-0.1, -0.05) is 11.6 Å². The number of aromatic nitrogens is 4. The van der Waals surface area contributed by atoms with E-state index in [-0.39, 0.29) is 0 Å². The highest BCUT2D eigenvalue weighted by atomic mass is 35.5. The van der Waals surface area contributed by atoms with E-state index in [4.69, 9.17) is 11.6 Å². The van der Waals surface area contributed by atoms with Crippen LogP contribution in [0.5, 0.6) is 0 Å². The molecule has 2 aromatic rings. The maximum atomic E-state index is 12.8. The van der Waals surface area contributed by atoms with E-state index >= 15 is 0 Å². The van der Waals surface area contributed by atoms with Gasteiger partial charge in [-0.2, -0.15) is 18.3 Å². The molecular formula is C13H13ClF3N5O2. The van der Waals surface area contributed by atoms with Crippen LogP contribution in [0.3, 0.4) is 0 Å². The number of amides is 1. The highest BCUT2D eigenvalue weighted by Crippen LogP contribution is 2.29. The van der Waals surface area contributed by atoms with Gasteiger partial charge in [0.1, 0.15) is 17.4 Å². The molecule has 0 aliphatic heterocycles. The first-order valence-corrected chi connectivity index (χ1v) is 7.11. The molecule has 2 rings (SSSR count). The highest BCUT2D eigenvalue weighted by Gasteiger charge is 2.32. The Bertz CT molecular complexity index is 815. The van der Waals surface area contributed by atoms with Crippen molar-refractivity contribution in [2.24, 2.45) is 0 Å². The van der Waals surface area contributed by atoms with E-state index in [9.17, 15) is 22.8 Å². The number of rotatable bonds is 4. The molecular weight excluding hydrogens is 351 g/mol. The molecule has 0 saturated heterocycles. The van der Waals surface area contributed by atoms with Gasteiger partial charge in [-0.25, -0.2) is 4.98 Å². The third kappa shape index (κ3) is 4.13. The Balaban J connectivity index is 2.17. The molecule has 130 valence electrons. The van der Waals surface area contributed by atoms with Crippen LogP contribution >= 0.6 is 11.6 Å². The first-order valence-electron chi connectivity index (χ1n) is 6.73. The minimum Gasteiger partial charge on any atom is -0.345 e. The summed E-state index contributed by atoms with van der Waals surface area (Å²) in [6.07, 6.45) is -4.13. The van der Waals surface area contributed by atoms with Crippen molar-refractivity contribution >= 4 is 17.5 Å². The van der Waals surface area contributed by atoms with Gasteiger partial charge in [-0.05, 0) is 19.9 Å². The molecule has 0 fully saturated rings. The fourth-order valence-electron chi connectivity index (χ4n) is 1.93. The van der Waals surface area contributed by atoms with Crippen LogP contribution in [0, 0.1) is 6.92 Å². The second-order valence-electron chi connectivity index (χ2n) is 5.08. The lowest BCUT2D eigenvalue weighted by Crippen LogP contribution is -2.34. The number of H-pyrrole nitrogens is 1. The summed E-state index contributed by atoms with van der Waals surface area (Å²) in [6, 6.07) is -0.0587. The molecule has 1 amide bonds. The molecule has 2 N–H and O–H groups in total. The fourth-order valence-corrected chi connectivity index (χ4v) is 2.16. The van der Waals surface area contributed by atoms with Gasteiger partial charge in [0, 0.05) is 6.20 Å². The Morgan fingerprint density at radius 3 is 2.71 bits per heavy atom. The number of nitrogens with zero attached hydrogens (tertiary/aromatic N) is 3. The monoisotopic (exact) mass is 363 g/mol. The van der Waals surface area contributed by atoms with Gasteiger partial charge in [0.2, 0.25) is 5.91 Å². The van der Waals surface area contributed by atoms with E-state index in [0.29, 0.717) is 28.5 Å². The highest BCUT2D eigenvalue weighted by molar-refractivity contribution is 6.30. The van der Waals surface area contributed by atoms with Gasteiger partial charge < -0.3 is 9.88 Å². The second-order valence-corrected chi connectivity index (χ2v) is 5.48. The number of alkyl halides is 3. The van der Waals surface area contributed by atoms with Crippen molar-refractivity contribution in [2.75, 3.05) is 0 Å². The number of aryl methyl sites for hydroxylation is 1. The Morgan fingerprint density at radius 1 is 1.50 bits per heavy atom. The van der Waals surface area contributed by atoms with Gasteiger partial charge in [0.15, 0.2) is 5.82 Å². The van der Waals surface area contributed by atoms with Crippen molar-refractivity contribution in [3.8, 4) is 0 Å². The molecule has 0 aliphatic rings. The zero-order valence-corrected chi connectivity index (χ0v) is 13.4. The van der Waals surface area contributed by atoms with Crippen molar-refractivity contribution < 1.29 is 18.0 Å². The van der Waals surface area contributed by atoms with E-state index in [1.807, 2.05) is 0 Å². The first kappa shape index (κ1) is 18.0. The van der Waals surface area contributed by atoms with Crippen molar-refractivity contribution in [1.82, 2.24) is 25.1 Å². The number of carbonyl (C=O) groups excluding carboxylic acids is 1. The zero-order valence-electron chi connectivity index (χ0n) is 12.6. The summed E-state index contributed by atoms with van der Waals surface area (Å²) in [5.41, 5.74) is -2.00. The second kappa shape index (κ2) is 6.63. The fraction of sp³-hybridized carbons (Fsp3) is 0.385. The van der Waals surface area contributed by atoms with Crippen molar-refractivity contribution in [1.29, 1.82) is 0 Å². The first-order chi connectivity index (χ1) is 11.1. The zero-order chi connectivity index (χ0) is 18.1. The van der Waals surface area contributed by atoms with Crippen LogP contribution < -0.4 is 10.9 Å². The van der Waals surface area contributed by atoms with Crippen LogP contribution in [0.2, 0.25) is 5.02 Å². The minimum absolute atomic E-state index is 0.315. The summed E-state index contributed by atoms with van der Waals surface area (Å²) in [4.78, 5) is 27.8. The average molecular weight is 364 g/mol. The van der Waals surface area contributed by atoms with Gasteiger partial charge in [-0.15, -0.1) is 0 Å². The molecule has 0 radical (unpaired) electrons. The van der Waals surface area contributed by atoms with Crippen LogP contribution in [0.1, 0.15) is 30.2 Å². The van der Waals surface area contributed by atoms with Crippen LogP contribution in [0.15, 0.2) is 17.1 Å². The van der Waals surface area contributed by atoms with Crippen LogP contribution in [-0.2, 0) is 17.5 Å². The maximum absolute atomic E-state index is 12.8. The third-order valence-corrected chi connectivity index (χ3v) is 3.33. The lowest BCUT2D eigenvalue weighted by Gasteiger charge is -2.14.